The fourth-order valence-corrected chi connectivity index (χ4v) is 1.93. The van der Waals surface area contributed by atoms with Crippen molar-refractivity contribution in [2.75, 3.05) is 6.54 Å². The summed E-state index contributed by atoms with van der Waals surface area (Å²) < 4.78 is 0. The second kappa shape index (κ2) is 3.98. The predicted octanol–water partition coefficient (Wildman–Crippen LogP) is -0.195. The molecule has 1 heterocycles. The molecule has 0 spiro atoms. The van der Waals surface area contributed by atoms with Gasteiger partial charge in [0, 0.05) is 13.0 Å². The average molecular weight is 185 g/mol. The van der Waals surface area contributed by atoms with E-state index < -0.39 is 0 Å². The molecule has 0 aliphatic carbocycles. The topological polar surface area (TPSA) is 37.4 Å². The van der Waals surface area contributed by atoms with Crippen molar-refractivity contribution in [3.63, 3.8) is 0 Å². The van der Waals surface area contributed by atoms with Crippen molar-refractivity contribution in [2.45, 2.75) is 25.0 Å². The molecule has 0 N–H and O–H groups in total. The summed E-state index contributed by atoms with van der Waals surface area (Å²) in [7, 11) is 1.87. The Morgan fingerprint density at radius 2 is 2.33 bits per heavy atom. The van der Waals surface area contributed by atoms with E-state index in [1.54, 1.807) is 0 Å². The maximum Gasteiger partial charge on any atom is 0.241 e. The zero-order valence-corrected chi connectivity index (χ0v) is 8.19. The predicted molar refractivity (Wildman–Crippen MR) is 51.6 cm³/mol. The number of likely N-dealkylation sites (tertiary alicyclic amines) is 1. The van der Waals surface area contributed by atoms with Crippen LogP contribution in [0.5, 0.6) is 0 Å². The lowest BCUT2D eigenvalue weighted by atomic mass is 10.3. The Kier molecular flexibility index (Phi) is 3.20. The number of carbonyl (C=O) groups is 2. The van der Waals surface area contributed by atoms with Crippen molar-refractivity contribution in [1.29, 1.82) is 0 Å². The number of amides is 2. The van der Waals surface area contributed by atoms with Gasteiger partial charge in [-0.1, -0.05) is 6.92 Å². The summed E-state index contributed by atoms with van der Waals surface area (Å²) in [4.78, 5) is 24.0. The molecule has 2 amide bonds. The first-order valence-corrected chi connectivity index (χ1v) is 5.36. The van der Waals surface area contributed by atoms with E-state index in [4.69, 9.17) is 0 Å². The molecule has 3 nitrogen and oxygen atoms in total. The Bertz CT molecular complexity index is 210. The smallest absolute Gasteiger partial charge is 0.241 e. The Morgan fingerprint density at radius 3 is 2.75 bits per heavy atom. The van der Waals surface area contributed by atoms with E-state index in [1.807, 2.05) is 14.0 Å². The first-order chi connectivity index (χ1) is 5.70. The normalized spacial score (nSPS) is 23.8. The highest BCUT2D eigenvalue weighted by Gasteiger charge is 2.36. The van der Waals surface area contributed by atoms with Crippen LogP contribution in [0, 0.1) is 0 Å². The molecule has 0 aromatic heterocycles. The quantitative estimate of drug-likeness (QED) is 0.451. The molecule has 12 heavy (non-hydrogen) atoms. The van der Waals surface area contributed by atoms with Crippen LogP contribution in [0.25, 0.3) is 0 Å². The molecule has 1 fully saturated rings. The molecule has 5 heteroatoms. The van der Waals surface area contributed by atoms with Gasteiger partial charge in [-0.15, -0.1) is 0 Å². The molecule has 1 unspecified atom stereocenters. The van der Waals surface area contributed by atoms with Crippen LogP contribution in [-0.4, -0.2) is 35.6 Å². The van der Waals surface area contributed by atoms with Gasteiger partial charge in [0.25, 0.3) is 0 Å². The Hall–Kier alpha value is -0.445. The third-order valence-electron chi connectivity index (χ3n) is 1.93. The SMILES string of the molecule is BSC1CC(=O)N(CCC)C1=O. The standard InChI is InChI=1S/C7H12BNO2S/c1-2-3-9-6(10)4-5(12-8)7(9)11/h5H,2-4,8H2,1H3. The van der Waals surface area contributed by atoms with Crippen molar-refractivity contribution < 1.29 is 9.59 Å². The number of carbonyl (C=O) groups excluding carboxylic acids is 2. The molecule has 1 rings (SSSR count). The molecular formula is C7H12BNO2S. The van der Waals surface area contributed by atoms with Gasteiger partial charge in [-0.25, -0.2) is 11.6 Å². The van der Waals surface area contributed by atoms with Gasteiger partial charge >= 0.3 is 0 Å². The first-order valence-electron chi connectivity index (χ1n) is 4.07. The van der Waals surface area contributed by atoms with Crippen LogP contribution in [0.3, 0.4) is 0 Å². The molecule has 1 aliphatic rings. The zero-order chi connectivity index (χ0) is 9.14. The molecule has 0 bridgehead atoms. The summed E-state index contributed by atoms with van der Waals surface area (Å²) in [6.07, 6.45) is 1.23. The van der Waals surface area contributed by atoms with E-state index in [1.165, 1.54) is 16.5 Å². The number of hydrogen-bond donors (Lipinski definition) is 0. The van der Waals surface area contributed by atoms with Crippen LogP contribution in [0.4, 0.5) is 0 Å². The van der Waals surface area contributed by atoms with E-state index in [9.17, 15) is 9.59 Å². The second-order valence-electron chi connectivity index (χ2n) is 2.81. The van der Waals surface area contributed by atoms with Gasteiger partial charge in [-0.2, -0.15) is 0 Å². The molecule has 1 atom stereocenters. The van der Waals surface area contributed by atoms with E-state index in [2.05, 4.69) is 0 Å². The van der Waals surface area contributed by atoms with E-state index in [-0.39, 0.29) is 17.1 Å². The zero-order valence-electron chi connectivity index (χ0n) is 7.37. The van der Waals surface area contributed by atoms with Crippen molar-refractivity contribution in [1.82, 2.24) is 4.90 Å². The molecule has 0 aromatic rings. The number of nitrogens with zero attached hydrogens (tertiary/aromatic N) is 1. The van der Waals surface area contributed by atoms with Crippen LogP contribution in [0.1, 0.15) is 19.8 Å². The van der Waals surface area contributed by atoms with Crippen molar-refractivity contribution >= 4 is 30.6 Å². The molecule has 1 aliphatic heterocycles. The second-order valence-corrected chi connectivity index (χ2v) is 3.85. The minimum Gasteiger partial charge on any atom is -0.282 e. The van der Waals surface area contributed by atoms with Gasteiger partial charge < -0.3 is 0 Å². The fraction of sp³-hybridized carbons (Fsp3) is 0.714. The summed E-state index contributed by atoms with van der Waals surface area (Å²) in [5.41, 5.74) is 0. The van der Waals surface area contributed by atoms with Gasteiger partial charge in [0.05, 0.1) is 5.25 Å². The van der Waals surface area contributed by atoms with Gasteiger partial charge in [0.2, 0.25) is 11.8 Å². The van der Waals surface area contributed by atoms with Gasteiger partial charge in [0.15, 0.2) is 7.12 Å². The maximum absolute atomic E-state index is 11.4. The van der Waals surface area contributed by atoms with Crippen LogP contribution in [0.15, 0.2) is 0 Å². The summed E-state index contributed by atoms with van der Waals surface area (Å²) in [6, 6.07) is 0. The van der Waals surface area contributed by atoms with E-state index in [0.717, 1.165) is 6.42 Å². The van der Waals surface area contributed by atoms with E-state index >= 15 is 0 Å². The van der Waals surface area contributed by atoms with Crippen molar-refractivity contribution in [3.05, 3.63) is 0 Å². The Labute approximate surface area is 77.2 Å². The molecule has 0 aromatic carbocycles. The first kappa shape index (κ1) is 9.64. The Morgan fingerprint density at radius 1 is 1.67 bits per heavy atom. The molecule has 0 radical (unpaired) electrons. The van der Waals surface area contributed by atoms with Crippen LogP contribution < -0.4 is 0 Å². The molecular weight excluding hydrogens is 173 g/mol. The number of rotatable bonds is 3. The fourth-order valence-electron chi connectivity index (χ4n) is 1.30. The lowest BCUT2D eigenvalue weighted by molar-refractivity contribution is -0.138. The Balaban J connectivity index is 2.64. The van der Waals surface area contributed by atoms with Gasteiger partial charge in [-0.3, -0.25) is 14.5 Å². The highest BCUT2D eigenvalue weighted by atomic mass is 32.2. The number of hydrogen-bond acceptors (Lipinski definition) is 3. The van der Waals surface area contributed by atoms with Crippen molar-refractivity contribution in [2.24, 2.45) is 0 Å². The largest absolute Gasteiger partial charge is 0.282 e. The van der Waals surface area contributed by atoms with E-state index in [0.29, 0.717) is 13.0 Å². The molecule has 0 saturated carbocycles. The van der Waals surface area contributed by atoms with Crippen molar-refractivity contribution in [3.8, 4) is 0 Å². The monoisotopic (exact) mass is 185 g/mol. The van der Waals surface area contributed by atoms with Gasteiger partial charge in [-0.05, 0) is 6.42 Å². The maximum atomic E-state index is 11.4. The highest BCUT2D eigenvalue weighted by molar-refractivity contribution is 8.20. The third-order valence-corrected chi connectivity index (χ3v) is 2.87. The summed E-state index contributed by atoms with van der Waals surface area (Å²) >= 11 is 1.46. The average Bonchev–Trinajstić information content (AvgIpc) is 2.32. The lowest BCUT2D eigenvalue weighted by Crippen LogP contribution is -2.31. The molecule has 1 saturated heterocycles. The van der Waals surface area contributed by atoms with Gasteiger partial charge in [0.1, 0.15) is 0 Å². The summed E-state index contributed by atoms with van der Waals surface area (Å²) in [6.45, 7) is 2.54. The minimum absolute atomic E-state index is 0.00523. The third kappa shape index (κ3) is 1.66. The van der Waals surface area contributed by atoms with Crippen LogP contribution in [-0.2, 0) is 9.59 Å². The van der Waals surface area contributed by atoms with Crippen LogP contribution >= 0.6 is 11.6 Å². The summed E-state index contributed by atoms with van der Waals surface area (Å²) in [5, 5.41) is -0.121. The van der Waals surface area contributed by atoms with Crippen LogP contribution in [0.2, 0.25) is 0 Å². The molecule has 66 valence electrons. The number of imide groups is 1. The highest BCUT2D eigenvalue weighted by Crippen LogP contribution is 2.22. The summed E-state index contributed by atoms with van der Waals surface area (Å²) in [5.74, 6) is -0.0180. The minimum atomic E-state index is -0.121. The lowest BCUT2D eigenvalue weighted by Gasteiger charge is -2.12.